The molecule has 1 aliphatic heterocycles. The Hall–Kier alpha value is -1.40. The standard InChI is InChI=1S/C19H28N2O3S/c1-14(2)20-25(23,24)18-9-5-8-16(12-18)19(22)21-11-10-15-6-3-4-7-17(15)13-21/h5,8-9,12,14-15,17,20H,3-4,6-7,10-11,13H2,1-2H3/t15-,17-/m1/s1. The number of rotatable bonds is 4. The van der Waals surface area contributed by atoms with Gasteiger partial charge in [-0.3, -0.25) is 4.79 Å². The number of carbonyl (C=O) groups is 1. The van der Waals surface area contributed by atoms with Crippen molar-refractivity contribution in [3.63, 3.8) is 0 Å². The Morgan fingerprint density at radius 2 is 1.88 bits per heavy atom. The van der Waals surface area contributed by atoms with E-state index in [4.69, 9.17) is 0 Å². The lowest BCUT2D eigenvalue weighted by atomic mass is 9.75. The van der Waals surface area contributed by atoms with Crippen molar-refractivity contribution < 1.29 is 13.2 Å². The first-order valence-electron chi connectivity index (χ1n) is 9.28. The molecule has 2 atom stereocenters. The van der Waals surface area contributed by atoms with Crippen molar-refractivity contribution in [2.24, 2.45) is 11.8 Å². The number of nitrogens with zero attached hydrogens (tertiary/aromatic N) is 1. The normalized spacial score (nSPS) is 24.2. The van der Waals surface area contributed by atoms with Gasteiger partial charge in [-0.25, -0.2) is 13.1 Å². The summed E-state index contributed by atoms with van der Waals surface area (Å²) in [6.07, 6.45) is 6.15. The Labute approximate surface area is 150 Å². The van der Waals surface area contributed by atoms with Crippen LogP contribution < -0.4 is 4.72 Å². The average Bonchev–Trinajstić information content (AvgIpc) is 2.60. The van der Waals surface area contributed by atoms with E-state index in [2.05, 4.69) is 4.72 Å². The van der Waals surface area contributed by atoms with Crippen LogP contribution in [0.25, 0.3) is 0 Å². The van der Waals surface area contributed by atoms with E-state index in [1.54, 1.807) is 26.0 Å². The second kappa shape index (κ2) is 7.46. The van der Waals surface area contributed by atoms with E-state index in [9.17, 15) is 13.2 Å². The zero-order chi connectivity index (χ0) is 18.0. The fraction of sp³-hybridized carbons (Fsp3) is 0.632. The van der Waals surface area contributed by atoms with Gasteiger partial charge in [-0.05, 0) is 56.7 Å². The van der Waals surface area contributed by atoms with E-state index in [1.807, 2.05) is 4.90 Å². The molecular weight excluding hydrogens is 336 g/mol. The minimum Gasteiger partial charge on any atom is -0.338 e. The lowest BCUT2D eigenvalue weighted by molar-refractivity contribution is 0.0520. The molecule has 0 aromatic heterocycles. The van der Waals surface area contributed by atoms with Gasteiger partial charge in [-0.2, -0.15) is 0 Å². The highest BCUT2D eigenvalue weighted by molar-refractivity contribution is 7.89. The summed E-state index contributed by atoms with van der Waals surface area (Å²) in [5.74, 6) is 1.33. The van der Waals surface area contributed by atoms with Gasteiger partial charge in [0.1, 0.15) is 0 Å². The second-order valence-electron chi connectivity index (χ2n) is 7.65. The Bertz CT molecular complexity index is 730. The number of benzene rings is 1. The van der Waals surface area contributed by atoms with Crippen LogP contribution >= 0.6 is 0 Å². The Morgan fingerprint density at radius 3 is 2.60 bits per heavy atom. The third kappa shape index (κ3) is 4.23. The smallest absolute Gasteiger partial charge is 0.253 e. The summed E-state index contributed by atoms with van der Waals surface area (Å²) in [6.45, 7) is 5.15. The van der Waals surface area contributed by atoms with Crippen LogP contribution in [0.4, 0.5) is 0 Å². The summed E-state index contributed by atoms with van der Waals surface area (Å²) in [5.41, 5.74) is 0.459. The van der Waals surface area contributed by atoms with Gasteiger partial charge in [0.15, 0.2) is 0 Å². The largest absolute Gasteiger partial charge is 0.338 e. The molecule has 1 heterocycles. The van der Waals surface area contributed by atoms with E-state index in [-0.39, 0.29) is 16.8 Å². The molecule has 2 fully saturated rings. The highest BCUT2D eigenvalue weighted by Crippen LogP contribution is 2.36. The van der Waals surface area contributed by atoms with Gasteiger partial charge in [0.05, 0.1) is 4.90 Å². The van der Waals surface area contributed by atoms with Gasteiger partial charge in [-0.15, -0.1) is 0 Å². The van der Waals surface area contributed by atoms with Gasteiger partial charge in [0.2, 0.25) is 10.0 Å². The minimum atomic E-state index is -3.59. The number of amides is 1. The third-order valence-electron chi connectivity index (χ3n) is 5.36. The average molecular weight is 365 g/mol. The first kappa shape index (κ1) is 18.4. The van der Waals surface area contributed by atoms with Crippen molar-refractivity contribution in [3.05, 3.63) is 29.8 Å². The second-order valence-corrected chi connectivity index (χ2v) is 9.36. The molecule has 0 spiro atoms. The highest BCUT2D eigenvalue weighted by atomic mass is 32.2. The number of piperidine rings is 1. The van der Waals surface area contributed by atoms with Crippen LogP contribution in [-0.2, 0) is 10.0 Å². The fourth-order valence-electron chi connectivity index (χ4n) is 4.14. The first-order chi connectivity index (χ1) is 11.9. The van der Waals surface area contributed by atoms with Crippen molar-refractivity contribution in [1.29, 1.82) is 0 Å². The highest BCUT2D eigenvalue weighted by Gasteiger charge is 2.33. The van der Waals surface area contributed by atoms with Crippen LogP contribution in [0.2, 0.25) is 0 Å². The monoisotopic (exact) mass is 364 g/mol. The molecule has 1 saturated carbocycles. The van der Waals surface area contributed by atoms with Crippen molar-refractivity contribution in [3.8, 4) is 0 Å². The van der Waals surface area contributed by atoms with Gasteiger partial charge in [0, 0.05) is 24.7 Å². The maximum absolute atomic E-state index is 12.9. The summed E-state index contributed by atoms with van der Waals surface area (Å²) in [6, 6.07) is 6.21. The molecule has 2 aliphatic rings. The SMILES string of the molecule is CC(C)NS(=O)(=O)c1cccc(C(=O)N2CC[C@H]3CCCC[C@@H]3C2)c1. The molecule has 1 amide bonds. The maximum Gasteiger partial charge on any atom is 0.253 e. The number of fused-ring (bicyclic) bond motifs is 1. The lowest BCUT2D eigenvalue weighted by Crippen LogP contribution is -2.44. The van der Waals surface area contributed by atoms with Crippen molar-refractivity contribution in [2.45, 2.75) is 56.9 Å². The molecule has 1 aromatic carbocycles. The molecule has 138 valence electrons. The van der Waals surface area contributed by atoms with Gasteiger partial charge in [0.25, 0.3) is 5.91 Å². The molecule has 1 aromatic rings. The van der Waals surface area contributed by atoms with Crippen molar-refractivity contribution in [2.75, 3.05) is 13.1 Å². The summed E-state index contributed by atoms with van der Waals surface area (Å²) in [5, 5.41) is 0. The molecule has 0 unspecified atom stereocenters. The fourth-order valence-corrected chi connectivity index (χ4v) is 5.44. The number of hydrogen-bond acceptors (Lipinski definition) is 3. The quantitative estimate of drug-likeness (QED) is 0.893. The van der Waals surface area contributed by atoms with Crippen LogP contribution in [0.3, 0.4) is 0 Å². The lowest BCUT2D eigenvalue weighted by Gasteiger charge is -2.41. The third-order valence-corrected chi connectivity index (χ3v) is 7.02. The molecule has 1 N–H and O–H groups in total. The maximum atomic E-state index is 12.9. The molecule has 1 saturated heterocycles. The van der Waals surface area contributed by atoms with Gasteiger partial charge in [-0.1, -0.05) is 25.3 Å². The predicted molar refractivity (Wildman–Crippen MR) is 97.9 cm³/mol. The predicted octanol–water partition coefficient (Wildman–Crippen LogP) is 3.03. The van der Waals surface area contributed by atoms with E-state index in [0.717, 1.165) is 25.4 Å². The molecule has 6 heteroatoms. The summed E-state index contributed by atoms with van der Waals surface area (Å²) < 4.78 is 27.3. The van der Waals surface area contributed by atoms with E-state index < -0.39 is 10.0 Å². The Balaban J connectivity index is 1.75. The first-order valence-corrected chi connectivity index (χ1v) is 10.8. The van der Waals surface area contributed by atoms with Crippen LogP contribution in [0, 0.1) is 11.8 Å². The zero-order valence-corrected chi connectivity index (χ0v) is 15.9. The van der Waals surface area contributed by atoms with E-state index in [1.165, 1.54) is 37.8 Å². The van der Waals surface area contributed by atoms with Crippen molar-refractivity contribution in [1.82, 2.24) is 9.62 Å². The number of carbonyl (C=O) groups excluding carboxylic acids is 1. The van der Waals surface area contributed by atoms with E-state index >= 15 is 0 Å². The number of sulfonamides is 1. The summed E-state index contributed by atoms with van der Waals surface area (Å²) >= 11 is 0. The molecule has 25 heavy (non-hydrogen) atoms. The molecule has 1 aliphatic carbocycles. The molecule has 5 nitrogen and oxygen atoms in total. The number of hydrogen-bond donors (Lipinski definition) is 1. The molecule has 0 radical (unpaired) electrons. The Morgan fingerprint density at radius 1 is 1.16 bits per heavy atom. The van der Waals surface area contributed by atoms with Crippen LogP contribution in [0.1, 0.15) is 56.3 Å². The zero-order valence-electron chi connectivity index (χ0n) is 15.1. The molecule has 3 rings (SSSR count). The minimum absolute atomic E-state index is 0.0504. The van der Waals surface area contributed by atoms with Crippen LogP contribution in [-0.4, -0.2) is 38.4 Å². The van der Waals surface area contributed by atoms with Crippen LogP contribution in [0.5, 0.6) is 0 Å². The molecular formula is C19H28N2O3S. The van der Waals surface area contributed by atoms with Crippen molar-refractivity contribution >= 4 is 15.9 Å². The summed E-state index contributed by atoms with van der Waals surface area (Å²) in [7, 11) is -3.59. The molecule has 0 bridgehead atoms. The van der Waals surface area contributed by atoms with Gasteiger partial charge >= 0.3 is 0 Å². The number of likely N-dealkylation sites (tertiary alicyclic amines) is 1. The number of nitrogens with one attached hydrogen (secondary N) is 1. The van der Waals surface area contributed by atoms with E-state index in [0.29, 0.717) is 11.5 Å². The topological polar surface area (TPSA) is 66.5 Å². The Kier molecular flexibility index (Phi) is 5.49. The van der Waals surface area contributed by atoms with Crippen LogP contribution in [0.15, 0.2) is 29.2 Å². The van der Waals surface area contributed by atoms with Gasteiger partial charge < -0.3 is 4.90 Å². The summed E-state index contributed by atoms with van der Waals surface area (Å²) in [4.78, 5) is 14.9.